The van der Waals surface area contributed by atoms with Crippen LogP contribution in [0, 0.1) is 0 Å². The number of halogens is 2. The smallest absolute Gasteiger partial charge is 0.338 e. The highest BCUT2D eigenvalue weighted by molar-refractivity contribution is 6.35. The summed E-state index contributed by atoms with van der Waals surface area (Å²) in [5.74, 6) is -0.466. The number of ether oxygens (including phenoxy) is 1. The molecule has 1 aliphatic rings. The quantitative estimate of drug-likeness (QED) is 0.772. The third-order valence-corrected chi connectivity index (χ3v) is 4.46. The zero-order valence-corrected chi connectivity index (χ0v) is 14.9. The van der Waals surface area contributed by atoms with Crippen LogP contribution in [0.3, 0.4) is 0 Å². The van der Waals surface area contributed by atoms with Crippen molar-refractivity contribution in [1.29, 1.82) is 0 Å². The highest BCUT2D eigenvalue weighted by atomic mass is 35.5. The Labute approximate surface area is 145 Å². The summed E-state index contributed by atoms with van der Waals surface area (Å²) in [7, 11) is 3.24. The van der Waals surface area contributed by atoms with Gasteiger partial charge in [-0.25, -0.2) is 9.59 Å². The van der Waals surface area contributed by atoms with E-state index in [-0.39, 0.29) is 12.6 Å². The standard InChI is InChI=1S/C16H18Cl2N2O3/c1-5-23-15(21)13-9(2)19(3)16(22)20(4)14(13)11-7-6-10(17)8-12(11)18/h6-8,14H,5H2,1-4H3/t14-/m0/s1. The molecule has 0 N–H and O–H groups in total. The van der Waals surface area contributed by atoms with Crippen molar-refractivity contribution in [1.82, 2.24) is 9.80 Å². The predicted octanol–water partition coefficient (Wildman–Crippen LogP) is 3.87. The summed E-state index contributed by atoms with van der Waals surface area (Å²) in [4.78, 5) is 27.8. The van der Waals surface area contributed by atoms with Gasteiger partial charge in [0.2, 0.25) is 0 Å². The van der Waals surface area contributed by atoms with Crippen LogP contribution in [0.25, 0.3) is 0 Å². The number of likely N-dealkylation sites (N-methyl/N-ethyl adjacent to an activating group) is 1. The molecule has 0 aliphatic carbocycles. The van der Waals surface area contributed by atoms with Crippen molar-refractivity contribution in [3.05, 3.63) is 45.1 Å². The Balaban J connectivity index is 2.64. The molecule has 0 bridgehead atoms. The van der Waals surface area contributed by atoms with Crippen LogP contribution in [0.15, 0.2) is 29.5 Å². The maximum atomic E-state index is 12.5. The first-order valence-corrected chi connectivity index (χ1v) is 7.88. The fraction of sp³-hybridized carbons (Fsp3) is 0.375. The number of nitrogens with zero attached hydrogens (tertiary/aromatic N) is 2. The first-order valence-electron chi connectivity index (χ1n) is 7.12. The van der Waals surface area contributed by atoms with Gasteiger partial charge >= 0.3 is 12.0 Å². The zero-order chi connectivity index (χ0) is 17.3. The van der Waals surface area contributed by atoms with E-state index in [1.807, 2.05) is 0 Å². The van der Waals surface area contributed by atoms with Crippen LogP contribution in [-0.4, -0.2) is 42.5 Å². The van der Waals surface area contributed by atoms with Crippen molar-refractivity contribution in [3.63, 3.8) is 0 Å². The van der Waals surface area contributed by atoms with E-state index in [4.69, 9.17) is 27.9 Å². The molecule has 1 aromatic rings. The monoisotopic (exact) mass is 356 g/mol. The third kappa shape index (κ3) is 3.16. The topological polar surface area (TPSA) is 49.9 Å². The molecule has 0 unspecified atom stereocenters. The number of hydrogen-bond donors (Lipinski definition) is 0. The van der Waals surface area contributed by atoms with E-state index in [2.05, 4.69) is 0 Å². The molecule has 0 saturated carbocycles. The molecule has 0 aromatic heterocycles. The normalized spacial score (nSPS) is 18.5. The maximum absolute atomic E-state index is 12.5. The van der Waals surface area contributed by atoms with E-state index >= 15 is 0 Å². The van der Waals surface area contributed by atoms with Gasteiger partial charge in [0.05, 0.1) is 18.2 Å². The highest BCUT2D eigenvalue weighted by Crippen LogP contribution is 2.39. The lowest BCUT2D eigenvalue weighted by atomic mass is 9.93. The molecule has 1 atom stereocenters. The number of rotatable bonds is 3. The molecule has 1 aliphatic heterocycles. The molecule has 23 heavy (non-hydrogen) atoms. The summed E-state index contributed by atoms with van der Waals surface area (Å²) in [5.41, 5.74) is 1.56. The minimum atomic E-state index is -0.623. The van der Waals surface area contributed by atoms with Gasteiger partial charge in [-0.15, -0.1) is 0 Å². The summed E-state index contributed by atoms with van der Waals surface area (Å²) in [5, 5.41) is 0.875. The van der Waals surface area contributed by atoms with Crippen LogP contribution in [0.2, 0.25) is 10.0 Å². The molecule has 5 nitrogen and oxygen atoms in total. The summed E-state index contributed by atoms with van der Waals surface area (Å²) in [6.07, 6.45) is 0. The van der Waals surface area contributed by atoms with E-state index in [1.165, 1.54) is 9.80 Å². The molecule has 0 saturated heterocycles. The number of benzene rings is 1. The molecule has 0 spiro atoms. The predicted molar refractivity (Wildman–Crippen MR) is 89.5 cm³/mol. The van der Waals surface area contributed by atoms with Gasteiger partial charge < -0.3 is 14.5 Å². The van der Waals surface area contributed by atoms with Gasteiger partial charge in [-0.3, -0.25) is 0 Å². The van der Waals surface area contributed by atoms with Gasteiger partial charge in [0, 0.05) is 29.8 Å². The molecule has 2 rings (SSSR count). The number of amides is 2. The van der Waals surface area contributed by atoms with Crippen molar-refractivity contribution in [3.8, 4) is 0 Å². The fourth-order valence-electron chi connectivity index (χ4n) is 2.62. The second-order valence-electron chi connectivity index (χ2n) is 5.24. The Morgan fingerprint density at radius 2 is 1.96 bits per heavy atom. The number of carbonyl (C=O) groups is 2. The number of hydrogen-bond acceptors (Lipinski definition) is 3. The van der Waals surface area contributed by atoms with Gasteiger partial charge in [0.25, 0.3) is 0 Å². The average Bonchev–Trinajstić information content (AvgIpc) is 2.49. The number of allylic oxidation sites excluding steroid dienone is 1. The minimum Gasteiger partial charge on any atom is -0.463 e. The molecule has 1 aromatic carbocycles. The van der Waals surface area contributed by atoms with Crippen LogP contribution in [-0.2, 0) is 9.53 Å². The molecule has 0 fully saturated rings. The Morgan fingerprint density at radius 3 is 2.52 bits per heavy atom. The lowest BCUT2D eigenvalue weighted by molar-refractivity contribution is -0.139. The highest BCUT2D eigenvalue weighted by Gasteiger charge is 2.39. The van der Waals surface area contributed by atoms with Crippen molar-refractivity contribution in [2.45, 2.75) is 19.9 Å². The van der Waals surface area contributed by atoms with E-state index in [1.54, 1.807) is 46.1 Å². The average molecular weight is 357 g/mol. The third-order valence-electron chi connectivity index (χ3n) is 3.89. The molecule has 2 amide bonds. The second-order valence-corrected chi connectivity index (χ2v) is 6.08. The van der Waals surface area contributed by atoms with Crippen molar-refractivity contribution < 1.29 is 14.3 Å². The largest absolute Gasteiger partial charge is 0.463 e. The molecule has 0 radical (unpaired) electrons. The Bertz CT molecular complexity index is 688. The van der Waals surface area contributed by atoms with Gasteiger partial charge in [-0.05, 0) is 31.5 Å². The zero-order valence-electron chi connectivity index (χ0n) is 13.4. The Hall–Kier alpha value is -1.72. The van der Waals surface area contributed by atoms with Crippen LogP contribution in [0.5, 0.6) is 0 Å². The number of carbonyl (C=O) groups excluding carboxylic acids is 2. The Kier molecular flexibility index (Phi) is 5.22. The van der Waals surface area contributed by atoms with E-state index in [0.717, 1.165) is 0 Å². The van der Waals surface area contributed by atoms with Crippen molar-refractivity contribution >= 4 is 35.2 Å². The molecule has 1 heterocycles. The van der Waals surface area contributed by atoms with Gasteiger partial charge in [0.1, 0.15) is 0 Å². The van der Waals surface area contributed by atoms with Crippen LogP contribution in [0.4, 0.5) is 4.79 Å². The van der Waals surface area contributed by atoms with Crippen molar-refractivity contribution in [2.24, 2.45) is 0 Å². The lowest BCUT2D eigenvalue weighted by Gasteiger charge is -2.39. The summed E-state index contributed by atoms with van der Waals surface area (Å²) in [6.45, 7) is 3.70. The second kappa shape index (κ2) is 6.81. The van der Waals surface area contributed by atoms with Gasteiger partial charge in [0.15, 0.2) is 0 Å². The van der Waals surface area contributed by atoms with Crippen LogP contribution in [0.1, 0.15) is 25.5 Å². The Morgan fingerprint density at radius 1 is 1.30 bits per heavy atom. The molecule has 7 heteroatoms. The van der Waals surface area contributed by atoms with Gasteiger partial charge in [-0.2, -0.15) is 0 Å². The van der Waals surface area contributed by atoms with E-state index in [0.29, 0.717) is 26.9 Å². The molecular formula is C16H18Cl2N2O3. The number of esters is 1. The first kappa shape index (κ1) is 17.6. The lowest BCUT2D eigenvalue weighted by Crippen LogP contribution is -2.47. The van der Waals surface area contributed by atoms with Gasteiger partial charge in [-0.1, -0.05) is 29.3 Å². The summed E-state index contributed by atoms with van der Waals surface area (Å²) >= 11 is 12.2. The fourth-order valence-corrected chi connectivity index (χ4v) is 3.13. The van der Waals surface area contributed by atoms with Crippen LogP contribution >= 0.6 is 23.2 Å². The number of urea groups is 1. The van der Waals surface area contributed by atoms with E-state index in [9.17, 15) is 9.59 Å². The van der Waals surface area contributed by atoms with E-state index < -0.39 is 12.0 Å². The van der Waals surface area contributed by atoms with Crippen molar-refractivity contribution in [2.75, 3.05) is 20.7 Å². The summed E-state index contributed by atoms with van der Waals surface area (Å²) in [6, 6.07) is 4.14. The maximum Gasteiger partial charge on any atom is 0.338 e. The minimum absolute atomic E-state index is 0.230. The molecule has 124 valence electrons. The van der Waals surface area contributed by atoms with Crippen LogP contribution < -0.4 is 0 Å². The molecular weight excluding hydrogens is 339 g/mol. The first-order chi connectivity index (χ1) is 10.8. The summed E-state index contributed by atoms with van der Waals surface area (Å²) < 4.78 is 5.17. The SMILES string of the molecule is CCOC(=O)C1=C(C)N(C)C(=O)N(C)[C@H]1c1ccc(Cl)cc1Cl.